The van der Waals surface area contributed by atoms with Gasteiger partial charge in [0, 0.05) is 5.92 Å². The van der Waals surface area contributed by atoms with E-state index in [1.807, 2.05) is 13.8 Å². The normalized spacial score (nSPS) is 31.3. The maximum Gasteiger partial charge on any atom is 0.308 e. The fourth-order valence-corrected chi connectivity index (χ4v) is 4.76. The summed E-state index contributed by atoms with van der Waals surface area (Å²) >= 11 is 0. The third kappa shape index (κ3) is 6.67. The van der Waals surface area contributed by atoms with Gasteiger partial charge in [-0.15, -0.1) is 0 Å². The van der Waals surface area contributed by atoms with E-state index in [9.17, 15) is 19.8 Å². The lowest BCUT2D eigenvalue weighted by Gasteiger charge is -2.43. The third-order valence-electron chi connectivity index (χ3n) is 6.67. The van der Waals surface area contributed by atoms with Crippen LogP contribution in [0.2, 0.25) is 0 Å². The fourth-order valence-electron chi connectivity index (χ4n) is 4.76. The largest absolute Gasteiger partial charge is 0.481 e. The van der Waals surface area contributed by atoms with Crippen molar-refractivity contribution in [1.29, 1.82) is 0 Å². The molecule has 0 spiro atoms. The number of ether oxygens (including phenoxy) is 1. The number of aliphatic carboxylic acids is 1. The summed E-state index contributed by atoms with van der Waals surface area (Å²) in [5.41, 5.74) is 1.21. The summed E-state index contributed by atoms with van der Waals surface area (Å²) in [5, 5.41) is 28.9. The molecule has 170 valence electrons. The summed E-state index contributed by atoms with van der Waals surface area (Å²) in [5.74, 6) is -0.406. The number of carbonyl (C=O) groups excluding carboxylic acids is 1. The Bertz CT molecular complexity index is 654. The molecule has 0 amide bonds. The summed E-state index contributed by atoms with van der Waals surface area (Å²) < 4.78 is 6.00. The van der Waals surface area contributed by atoms with Crippen molar-refractivity contribution in [2.45, 2.75) is 84.5 Å². The molecule has 2 aliphatic carbocycles. The molecule has 3 N–H and O–H groups in total. The van der Waals surface area contributed by atoms with Gasteiger partial charge < -0.3 is 20.1 Å². The highest BCUT2D eigenvalue weighted by molar-refractivity contribution is 5.72. The summed E-state index contributed by atoms with van der Waals surface area (Å²) in [6, 6.07) is 0. The molecule has 2 aliphatic rings. The molecule has 0 aromatic heterocycles. The van der Waals surface area contributed by atoms with Crippen molar-refractivity contribution in [3.05, 3.63) is 23.8 Å². The maximum atomic E-state index is 12.5. The predicted octanol–water partition coefficient (Wildman–Crippen LogP) is 3.72. The highest BCUT2D eigenvalue weighted by atomic mass is 16.5. The van der Waals surface area contributed by atoms with Crippen LogP contribution in [0.5, 0.6) is 0 Å². The minimum absolute atomic E-state index is 0.0556. The molecule has 0 bridgehead atoms. The average Bonchev–Trinajstić information content (AvgIpc) is 2.65. The molecular weight excluding hydrogens is 384 g/mol. The van der Waals surface area contributed by atoms with Gasteiger partial charge in [0.25, 0.3) is 0 Å². The SMILES string of the molecule is CC[C@H](C)C(=O)O[C@H]1C[C@@H](C)C=C2C=C[C@H](C)[C@H](CC[C@H](O)C[C@@H](O)CC(=O)O)[C@@H]21. The van der Waals surface area contributed by atoms with Crippen LogP contribution in [0.15, 0.2) is 23.8 Å². The van der Waals surface area contributed by atoms with Gasteiger partial charge in [-0.3, -0.25) is 9.59 Å². The van der Waals surface area contributed by atoms with Crippen LogP contribution in [0.4, 0.5) is 0 Å². The monoisotopic (exact) mass is 422 g/mol. The summed E-state index contributed by atoms with van der Waals surface area (Å²) in [4.78, 5) is 23.2. The van der Waals surface area contributed by atoms with Crippen molar-refractivity contribution in [3.63, 3.8) is 0 Å². The van der Waals surface area contributed by atoms with Gasteiger partial charge in [-0.05, 0) is 55.4 Å². The van der Waals surface area contributed by atoms with Crippen LogP contribution < -0.4 is 0 Å². The zero-order chi connectivity index (χ0) is 22.4. The van der Waals surface area contributed by atoms with Gasteiger partial charge >= 0.3 is 11.9 Å². The Morgan fingerprint density at radius 1 is 1.23 bits per heavy atom. The fraction of sp³-hybridized carbons (Fsp3) is 0.750. The van der Waals surface area contributed by atoms with Crippen LogP contribution in [0.3, 0.4) is 0 Å². The van der Waals surface area contributed by atoms with Crippen LogP contribution in [0.1, 0.15) is 66.2 Å². The lowest BCUT2D eigenvalue weighted by molar-refractivity contribution is -0.158. The van der Waals surface area contributed by atoms with Gasteiger partial charge in [-0.2, -0.15) is 0 Å². The number of allylic oxidation sites excluding steroid dienone is 3. The molecular formula is C24H38O6. The van der Waals surface area contributed by atoms with E-state index in [1.54, 1.807) is 0 Å². The van der Waals surface area contributed by atoms with Crippen molar-refractivity contribution < 1.29 is 29.6 Å². The van der Waals surface area contributed by atoms with Crippen LogP contribution in [0, 0.1) is 29.6 Å². The molecule has 0 unspecified atom stereocenters. The molecule has 8 atom stereocenters. The molecule has 0 fully saturated rings. The minimum atomic E-state index is -1.07. The molecule has 0 radical (unpaired) electrons. The van der Waals surface area contributed by atoms with E-state index in [4.69, 9.17) is 9.84 Å². The van der Waals surface area contributed by atoms with Crippen LogP contribution in [-0.4, -0.2) is 45.6 Å². The van der Waals surface area contributed by atoms with Gasteiger partial charge in [-0.1, -0.05) is 45.9 Å². The summed E-state index contributed by atoms with van der Waals surface area (Å²) in [6.07, 6.45) is 7.07. The minimum Gasteiger partial charge on any atom is -0.481 e. The second-order valence-electron chi connectivity index (χ2n) is 9.29. The van der Waals surface area contributed by atoms with Gasteiger partial charge in [0.2, 0.25) is 0 Å². The predicted molar refractivity (Wildman–Crippen MR) is 115 cm³/mol. The zero-order valence-electron chi connectivity index (χ0n) is 18.7. The van der Waals surface area contributed by atoms with Gasteiger partial charge in [0.15, 0.2) is 0 Å². The van der Waals surface area contributed by atoms with Crippen LogP contribution >= 0.6 is 0 Å². The van der Waals surface area contributed by atoms with Crippen molar-refractivity contribution in [2.24, 2.45) is 29.6 Å². The Hall–Kier alpha value is -1.66. The number of esters is 1. The molecule has 0 aliphatic heterocycles. The zero-order valence-corrected chi connectivity index (χ0v) is 18.7. The Balaban J connectivity index is 2.09. The van der Waals surface area contributed by atoms with Crippen molar-refractivity contribution >= 4 is 11.9 Å². The number of carbonyl (C=O) groups is 2. The highest BCUT2D eigenvalue weighted by Gasteiger charge is 2.41. The Morgan fingerprint density at radius 2 is 1.93 bits per heavy atom. The number of aliphatic hydroxyl groups excluding tert-OH is 2. The number of hydrogen-bond donors (Lipinski definition) is 3. The van der Waals surface area contributed by atoms with Crippen molar-refractivity contribution in [3.8, 4) is 0 Å². The molecule has 6 heteroatoms. The number of fused-ring (bicyclic) bond motifs is 1. The Kier molecular flexibility index (Phi) is 9.10. The number of carboxylic acids is 1. The molecule has 0 aromatic carbocycles. The van der Waals surface area contributed by atoms with E-state index in [0.717, 1.165) is 19.3 Å². The maximum absolute atomic E-state index is 12.5. The molecule has 0 saturated heterocycles. The Labute approximate surface area is 180 Å². The van der Waals surface area contributed by atoms with Crippen LogP contribution in [0.25, 0.3) is 0 Å². The van der Waals surface area contributed by atoms with E-state index >= 15 is 0 Å². The van der Waals surface area contributed by atoms with Gasteiger partial charge in [0.1, 0.15) is 6.10 Å². The molecule has 6 nitrogen and oxygen atoms in total. The second kappa shape index (κ2) is 11.1. The molecule has 0 aromatic rings. The number of rotatable bonds is 10. The quantitative estimate of drug-likeness (QED) is 0.464. The van der Waals surface area contributed by atoms with E-state index in [2.05, 4.69) is 32.1 Å². The first kappa shape index (κ1) is 24.6. The molecule has 30 heavy (non-hydrogen) atoms. The van der Waals surface area contributed by atoms with Gasteiger partial charge in [-0.25, -0.2) is 0 Å². The van der Waals surface area contributed by atoms with Crippen LogP contribution in [-0.2, 0) is 14.3 Å². The number of aliphatic hydroxyl groups is 2. The second-order valence-corrected chi connectivity index (χ2v) is 9.29. The lowest BCUT2D eigenvalue weighted by Crippen LogP contribution is -2.41. The van der Waals surface area contributed by atoms with E-state index in [0.29, 0.717) is 12.3 Å². The highest BCUT2D eigenvalue weighted by Crippen LogP contribution is 2.45. The van der Waals surface area contributed by atoms with Crippen molar-refractivity contribution in [1.82, 2.24) is 0 Å². The smallest absolute Gasteiger partial charge is 0.308 e. The third-order valence-corrected chi connectivity index (χ3v) is 6.67. The van der Waals surface area contributed by atoms with E-state index in [-0.39, 0.29) is 48.6 Å². The first-order chi connectivity index (χ1) is 14.1. The van der Waals surface area contributed by atoms with E-state index in [1.165, 1.54) is 5.57 Å². The first-order valence-electron chi connectivity index (χ1n) is 11.3. The molecule has 0 saturated carbocycles. The number of hydrogen-bond acceptors (Lipinski definition) is 5. The average molecular weight is 423 g/mol. The Morgan fingerprint density at radius 3 is 2.57 bits per heavy atom. The lowest BCUT2D eigenvalue weighted by atomic mass is 9.65. The van der Waals surface area contributed by atoms with Gasteiger partial charge in [0.05, 0.1) is 24.5 Å². The summed E-state index contributed by atoms with van der Waals surface area (Å²) in [6.45, 7) is 8.16. The van der Waals surface area contributed by atoms with Crippen molar-refractivity contribution in [2.75, 3.05) is 0 Å². The summed E-state index contributed by atoms with van der Waals surface area (Å²) in [7, 11) is 0. The molecule has 0 heterocycles. The van der Waals surface area contributed by atoms with E-state index < -0.39 is 18.2 Å². The molecule has 2 rings (SSSR count). The number of carboxylic acid groups (broad SMARTS) is 1. The first-order valence-corrected chi connectivity index (χ1v) is 11.3. The standard InChI is InChI=1S/C24H38O6/c1-5-15(3)24(29)30-21-11-14(2)10-17-7-6-16(4)20(23(17)21)9-8-18(25)12-19(26)13-22(27)28/h6-7,10,14-16,18-21,23,25-26H,5,8-9,11-13H2,1-4H3,(H,27,28)/t14-,15-,16-,18-,19+,20-,21-,23+/m0/s1. The topological polar surface area (TPSA) is 104 Å².